The van der Waals surface area contributed by atoms with E-state index in [1.165, 1.54) is 19.3 Å². The Kier molecular flexibility index (Phi) is 3.92. The Hall–Kier alpha value is -2.08. The number of piperidine rings is 1. The number of rotatable bonds is 1. The molecular weight excluding hydrogens is 294 g/mol. The van der Waals surface area contributed by atoms with Crippen molar-refractivity contribution in [3.8, 4) is 23.0 Å². The lowest BCUT2D eigenvalue weighted by Gasteiger charge is -2.29. The molecule has 1 heterocycles. The molecule has 1 aliphatic heterocycles. The van der Waals surface area contributed by atoms with Gasteiger partial charge in [0.15, 0.2) is 5.60 Å². The predicted molar refractivity (Wildman–Crippen MR) is 97.5 cm³/mol. The Labute approximate surface area is 144 Å². The summed E-state index contributed by atoms with van der Waals surface area (Å²) in [6.07, 6.45) is 3.82. The maximum atomic E-state index is 11.5. The molecule has 2 aromatic rings. The van der Waals surface area contributed by atoms with Gasteiger partial charge in [-0.05, 0) is 44.0 Å². The van der Waals surface area contributed by atoms with Crippen LogP contribution in [0.25, 0.3) is 11.1 Å². The quantitative estimate of drug-likeness (QED) is 0.809. The van der Waals surface area contributed by atoms with Crippen molar-refractivity contribution in [2.75, 3.05) is 13.1 Å². The monoisotopic (exact) mass is 317 g/mol. The zero-order valence-corrected chi connectivity index (χ0v) is 14.1. The average Bonchev–Trinajstić information content (AvgIpc) is 2.91. The molecule has 1 unspecified atom stereocenters. The van der Waals surface area contributed by atoms with Crippen LogP contribution >= 0.6 is 0 Å². The highest BCUT2D eigenvalue weighted by atomic mass is 16.3. The lowest BCUT2D eigenvalue weighted by atomic mass is 9.92. The first-order valence-electron chi connectivity index (χ1n) is 8.88. The number of nitrogens with zero attached hydrogens (tertiary/aromatic N) is 1. The van der Waals surface area contributed by atoms with Gasteiger partial charge in [0.2, 0.25) is 0 Å². The van der Waals surface area contributed by atoms with E-state index in [2.05, 4.69) is 35.8 Å². The average molecular weight is 317 g/mol. The van der Waals surface area contributed by atoms with Crippen LogP contribution in [0.1, 0.15) is 37.3 Å². The molecule has 1 fully saturated rings. The Bertz CT molecular complexity index is 762. The summed E-state index contributed by atoms with van der Waals surface area (Å²) in [7, 11) is 0. The molecule has 1 aliphatic carbocycles. The molecule has 1 atom stereocenters. The van der Waals surface area contributed by atoms with Crippen molar-refractivity contribution < 1.29 is 5.11 Å². The summed E-state index contributed by atoms with van der Waals surface area (Å²) in [4.78, 5) is 2.42. The van der Waals surface area contributed by atoms with Crippen molar-refractivity contribution in [3.05, 3.63) is 59.7 Å². The van der Waals surface area contributed by atoms with Gasteiger partial charge in [0, 0.05) is 11.1 Å². The highest BCUT2D eigenvalue weighted by molar-refractivity contribution is 5.81. The van der Waals surface area contributed by atoms with Crippen LogP contribution in [0.15, 0.2) is 48.5 Å². The molecule has 0 bridgehead atoms. The van der Waals surface area contributed by atoms with E-state index in [0.29, 0.717) is 0 Å². The van der Waals surface area contributed by atoms with Crippen molar-refractivity contribution in [2.24, 2.45) is 0 Å². The van der Waals surface area contributed by atoms with Gasteiger partial charge in [-0.3, -0.25) is 4.90 Å². The molecule has 0 radical (unpaired) electrons. The molecule has 2 aromatic carbocycles. The van der Waals surface area contributed by atoms with E-state index in [9.17, 15) is 5.11 Å². The normalized spacial score (nSPS) is 19.8. The van der Waals surface area contributed by atoms with E-state index >= 15 is 0 Å². The van der Waals surface area contributed by atoms with E-state index in [4.69, 9.17) is 0 Å². The number of likely N-dealkylation sites (tertiary alicyclic amines) is 1. The summed E-state index contributed by atoms with van der Waals surface area (Å²) in [5, 5.41) is 11.5. The second kappa shape index (κ2) is 6.09. The van der Waals surface area contributed by atoms with Gasteiger partial charge in [0.25, 0.3) is 0 Å². The second-order valence-corrected chi connectivity index (χ2v) is 6.84. The van der Waals surface area contributed by atoms with E-state index in [0.717, 1.165) is 35.3 Å². The van der Waals surface area contributed by atoms with Crippen LogP contribution in [-0.2, 0) is 5.60 Å². The molecule has 0 aromatic heterocycles. The maximum Gasteiger partial charge on any atom is 0.178 e. The van der Waals surface area contributed by atoms with Crippen molar-refractivity contribution in [2.45, 2.75) is 37.8 Å². The van der Waals surface area contributed by atoms with Crippen LogP contribution in [0.5, 0.6) is 0 Å². The van der Waals surface area contributed by atoms with Gasteiger partial charge >= 0.3 is 0 Å². The Balaban J connectivity index is 1.73. The Morgan fingerprint density at radius 1 is 0.917 bits per heavy atom. The maximum absolute atomic E-state index is 11.5. The van der Waals surface area contributed by atoms with Gasteiger partial charge in [-0.1, -0.05) is 66.8 Å². The van der Waals surface area contributed by atoms with Gasteiger partial charge in [0.05, 0.1) is 6.04 Å². The van der Waals surface area contributed by atoms with Crippen LogP contribution in [0.2, 0.25) is 0 Å². The van der Waals surface area contributed by atoms with Gasteiger partial charge in [-0.2, -0.15) is 0 Å². The summed E-state index contributed by atoms with van der Waals surface area (Å²) in [5.41, 5.74) is 2.80. The van der Waals surface area contributed by atoms with Gasteiger partial charge in [-0.25, -0.2) is 0 Å². The molecule has 24 heavy (non-hydrogen) atoms. The van der Waals surface area contributed by atoms with Gasteiger partial charge < -0.3 is 5.11 Å². The SMILES string of the molecule is CC(C#CC1(O)c2ccccc2-c2ccccc21)N1CCCCC1. The van der Waals surface area contributed by atoms with E-state index in [1.807, 2.05) is 36.4 Å². The molecule has 4 rings (SSSR count). The third-order valence-electron chi connectivity index (χ3n) is 5.32. The highest BCUT2D eigenvalue weighted by Gasteiger charge is 2.40. The minimum Gasteiger partial charge on any atom is -0.369 e. The third kappa shape index (κ3) is 2.45. The predicted octanol–water partition coefficient (Wildman–Crippen LogP) is 3.78. The fourth-order valence-corrected chi connectivity index (χ4v) is 3.95. The summed E-state index contributed by atoms with van der Waals surface area (Å²) < 4.78 is 0. The van der Waals surface area contributed by atoms with Gasteiger partial charge in [-0.15, -0.1) is 0 Å². The summed E-state index contributed by atoms with van der Waals surface area (Å²) in [5.74, 6) is 6.57. The van der Waals surface area contributed by atoms with Crippen molar-refractivity contribution in [1.82, 2.24) is 4.90 Å². The standard InChI is InChI=1S/C22H23NO/c1-17(23-15-7-2-8-16-23)13-14-22(24)20-11-5-3-9-18(20)19-10-4-6-12-21(19)22/h3-6,9-12,17,24H,2,7-8,15-16H2,1H3. The smallest absolute Gasteiger partial charge is 0.178 e. The molecule has 2 aliphatic rings. The molecule has 1 saturated heterocycles. The largest absolute Gasteiger partial charge is 0.369 e. The first-order chi connectivity index (χ1) is 11.7. The molecule has 1 N–H and O–H groups in total. The summed E-state index contributed by atoms with van der Waals surface area (Å²) in [6.45, 7) is 4.37. The highest BCUT2D eigenvalue weighted by Crippen LogP contribution is 2.46. The lowest BCUT2D eigenvalue weighted by Crippen LogP contribution is -2.37. The fraction of sp³-hybridized carbons (Fsp3) is 0.364. The van der Waals surface area contributed by atoms with Gasteiger partial charge in [0.1, 0.15) is 0 Å². The topological polar surface area (TPSA) is 23.5 Å². The molecular formula is C22H23NO. The molecule has 0 amide bonds. The molecule has 0 spiro atoms. The first-order valence-corrected chi connectivity index (χ1v) is 8.88. The molecule has 2 heteroatoms. The van der Waals surface area contributed by atoms with Crippen LogP contribution in [0, 0.1) is 11.8 Å². The molecule has 0 saturated carbocycles. The fourth-order valence-electron chi connectivity index (χ4n) is 3.95. The van der Waals surface area contributed by atoms with Crippen LogP contribution < -0.4 is 0 Å². The van der Waals surface area contributed by atoms with Crippen LogP contribution in [0.3, 0.4) is 0 Å². The van der Waals surface area contributed by atoms with E-state index < -0.39 is 5.60 Å². The third-order valence-corrected chi connectivity index (χ3v) is 5.32. The number of aliphatic hydroxyl groups is 1. The minimum absolute atomic E-state index is 0.175. The Morgan fingerprint density at radius 2 is 1.46 bits per heavy atom. The molecule has 122 valence electrons. The van der Waals surface area contributed by atoms with Crippen molar-refractivity contribution >= 4 is 0 Å². The van der Waals surface area contributed by atoms with Crippen molar-refractivity contribution in [1.29, 1.82) is 0 Å². The Morgan fingerprint density at radius 3 is 2.04 bits per heavy atom. The number of benzene rings is 2. The second-order valence-electron chi connectivity index (χ2n) is 6.84. The zero-order valence-electron chi connectivity index (χ0n) is 14.1. The number of hydrogen-bond donors (Lipinski definition) is 1. The van der Waals surface area contributed by atoms with E-state index in [-0.39, 0.29) is 6.04 Å². The first kappa shape index (κ1) is 15.4. The van der Waals surface area contributed by atoms with E-state index in [1.54, 1.807) is 0 Å². The molecule has 2 nitrogen and oxygen atoms in total. The summed E-state index contributed by atoms with van der Waals surface area (Å²) in [6, 6.07) is 16.3. The minimum atomic E-state index is -1.20. The summed E-state index contributed by atoms with van der Waals surface area (Å²) >= 11 is 0. The lowest BCUT2D eigenvalue weighted by molar-refractivity contribution is 0.149. The van der Waals surface area contributed by atoms with Crippen molar-refractivity contribution in [3.63, 3.8) is 0 Å². The zero-order chi connectivity index (χ0) is 16.6. The van der Waals surface area contributed by atoms with Crippen LogP contribution in [-0.4, -0.2) is 29.1 Å². The number of fused-ring (bicyclic) bond motifs is 3. The number of hydrogen-bond acceptors (Lipinski definition) is 2. The van der Waals surface area contributed by atoms with Crippen LogP contribution in [0.4, 0.5) is 0 Å².